The molecule has 4 N–H and O–H groups in total. The van der Waals surface area contributed by atoms with Gasteiger partial charge in [-0.2, -0.15) is 8.78 Å². The van der Waals surface area contributed by atoms with E-state index in [4.69, 9.17) is 16.3 Å². The van der Waals surface area contributed by atoms with Crippen molar-refractivity contribution >= 4 is 29.5 Å². The van der Waals surface area contributed by atoms with Crippen LogP contribution in [0, 0.1) is 11.8 Å². The minimum Gasteiger partial charge on any atom is -0.434 e. The third-order valence-corrected chi connectivity index (χ3v) is 8.30. The highest BCUT2D eigenvalue weighted by Gasteiger charge is 2.46. The third kappa shape index (κ3) is 8.41. The van der Waals surface area contributed by atoms with Gasteiger partial charge in [-0.1, -0.05) is 86.2 Å². The smallest absolute Gasteiger partial charge is 0.408 e. The van der Waals surface area contributed by atoms with E-state index in [0.717, 1.165) is 38.2 Å². The molecule has 42 heavy (non-hydrogen) atoms. The van der Waals surface area contributed by atoms with E-state index in [9.17, 15) is 19.5 Å². The molecule has 0 aromatic heterocycles. The van der Waals surface area contributed by atoms with Gasteiger partial charge in [0.2, 0.25) is 11.8 Å². The summed E-state index contributed by atoms with van der Waals surface area (Å²) >= 11 is 5.98. The van der Waals surface area contributed by atoms with Crippen molar-refractivity contribution in [2.75, 3.05) is 13.2 Å². The molecule has 1 saturated carbocycles. The molecule has 1 aliphatic heterocycles. The van der Waals surface area contributed by atoms with Gasteiger partial charge in [-0.3, -0.25) is 9.59 Å². The summed E-state index contributed by atoms with van der Waals surface area (Å²) in [6, 6.07) is 11.1. The summed E-state index contributed by atoms with van der Waals surface area (Å²) in [6.07, 6.45) is 2.83. The number of carbonyl (C=O) groups is 3. The Kier molecular flexibility index (Phi) is 11.2. The number of nitrogens with one attached hydrogen (secondary N) is 3. The fraction of sp³-hybridized carbons (Fsp3) is 0.516. The van der Waals surface area contributed by atoms with Crippen LogP contribution in [-0.4, -0.2) is 48.2 Å². The van der Waals surface area contributed by atoms with Crippen LogP contribution >= 0.6 is 11.6 Å². The molecule has 11 heteroatoms. The Balaban J connectivity index is 1.52. The third-order valence-electron chi connectivity index (χ3n) is 8.07. The van der Waals surface area contributed by atoms with Crippen LogP contribution in [0.4, 0.5) is 13.6 Å². The molecular formula is C31H38ClF2N3O5. The zero-order valence-electron chi connectivity index (χ0n) is 23.4. The number of benzene rings is 2. The molecule has 2 aliphatic rings. The first-order valence-electron chi connectivity index (χ1n) is 14.5. The SMILES string of the molecule is O=C(N[C@@H](CC1CCCCC1)C(=O)N[C@H](CO)C[C@@H]1CCNC1=O)O[C@@H](c1ccccc1)C(F)(F)c1cccc(Cl)c1. The van der Waals surface area contributed by atoms with Crippen LogP contribution in [0.5, 0.6) is 0 Å². The van der Waals surface area contributed by atoms with Gasteiger partial charge in [0.1, 0.15) is 6.04 Å². The minimum atomic E-state index is -3.64. The molecular weight excluding hydrogens is 568 g/mol. The Hall–Kier alpha value is -3.24. The van der Waals surface area contributed by atoms with Crippen LogP contribution in [0.2, 0.25) is 5.02 Å². The number of alkyl carbamates (subject to hydrolysis) is 1. The molecule has 3 amide bonds. The summed E-state index contributed by atoms with van der Waals surface area (Å²) in [5, 5.41) is 18.1. The van der Waals surface area contributed by atoms with Gasteiger partial charge >= 0.3 is 12.0 Å². The minimum absolute atomic E-state index is 0.0705. The van der Waals surface area contributed by atoms with Crippen LogP contribution in [0.25, 0.3) is 0 Å². The van der Waals surface area contributed by atoms with Crippen LogP contribution in [0.3, 0.4) is 0 Å². The summed E-state index contributed by atoms with van der Waals surface area (Å²) in [4.78, 5) is 38.7. The first-order chi connectivity index (χ1) is 20.2. The summed E-state index contributed by atoms with van der Waals surface area (Å²) in [5.74, 6) is -4.52. The van der Waals surface area contributed by atoms with Crippen molar-refractivity contribution in [1.29, 1.82) is 0 Å². The summed E-state index contributed by atoms with van der Waals surface area (Å²) in [7, 11) is 0. The standard InChI is InChI=1S/C31H38ClF2N3O5/c32-24-13-7-12-23(18-24)31(33,34)27(21-10-5-2-6-11-21)42-30(41)37-26(16-20-8-3-1-4-9-20)29(40)36-25(19-38)17-22-14-15-35-28(22)39/h2,5-7,10-13,18,20,22,25-27,38H,1,3-4,8-9,14-17,19H2,(H,35,39)(H,36,40)(H,37,41)/t22-,25-,26-,27-/m0/s1. The molecule has 0 unspecified atom stereocenters. The number of aliphatic hydroxyl groups excluding tert-OH is 1. The van der Waals surface area contributed by atoms with Crippen molar-refractivity contribution in [1.82, 2.24) is 16.0 Å². The second kappa shape index (κ2) is 14.8. The summed E-state index contributed by atoms with van der Waals surface area (Å²) < 4.78 is 37.1. The first kappa shape index (κ1) is 31.7. The molecule has 228 valence electrons. The highest BCUT2D eigenvalue weighted by atomic mass is 35.5. The van der Waals surface area contributed by atoms with Crippen molar-refractivity contribution in [2.45, 2.75) is 75.5 Å². The average Bonchev–Trinajstić information content (AvgIpc) is 3.39. The van der Waals surface area contributed by atoms with Crippen LogP contribution < -0.4 is 16.0 Å². The van der Waals surface area contributed by atoms with E-state index in [2.05, 4.69) is 16.0 Å². The van der Waals surface area contributed by atoms with Gasteiger partial charge < -0.3 is 25.8 Å². The lowest BCUT2D eigenvalue weighted by atomic mass is 9.84. The van der Waals surface area contributed by atoms with E-state index in [1.165, 1.54) is 30.3 Å². The number of halogens is 3. The highest BCUT2D eigenvalue weighted by Crippen LogP contribution is 2.43. The van der Waals surface area contributed by atoms with Gasteiger partial charge in [-0.25, -0.2) is 4.79 Å². The van der Waals surface area contributed by atoms with E-state index in [1.54, 1.807) is 18.2 Å². The summed E-state index contributed by atoms with van der Waals surface area (Å²) in [6.45, 7) is 0.147. The van der Waals surface area contributed by atoms with Crippen molar-refractivity contribution in [3.8, 4) is 0 Å². The highest BCUT2D eigenvalue weighted by molar-refractivity contribution is 6.30. The van der Waals surface area contributed by atoms with E-state index >= 15 is 8.78 Å². The predicted octanol–water partition coefficient (Wildman–Crippen LogP) is 5.24. The van der Waals surface area contributed by atoms with E-state index < -0.39 is 48.3 Å². The van der Waals surface area contributed by atoms with Crippen molar-refractivity contribution in [2.24, 2.45) is 11.8 Å². The number of aliphatic hydroxyl groups is 1. The molecule has 2 aromatic carbocycles. The zero-order valence-corrected chi connectivity index (χ0v) is 24.1. The number of ether oxygens (including phenoxy) is 1. The van der Waals surface area contributed by atoms with Crippen molar-refractivity contribution < 1.29 is 33.0 Å². The van der Waals surface area contributed by atoms with Crippen LogP contribution in [-0.2, 0) is 20.2 Å². The fourth-order valence-electron chi connectivity index (χ4n) is 5.79. The maximum Gasteiger partial charge on any atom is 0.408 e. The Morgan fingerprint density at radius 3 is 2.40 bits per heavy atom. The second-order valence-electron chi connectivity index (χ2n) is 11.2. The topological polar surface area (TPSA) is 117 Å². The molecule has 0 radical (unpaired) electrons. The fourth-order valence-corrected chi connectivity index (χ4v) is 5.98. The van der Waals surface area contributed by atoms with Crippen molar-refractivity contribution in [3.05, 3.63) is 70.7 Å². The zero-order chi connectivity index (χ0) is 30.1. The lowest BCUT2D eigenvalue weighted by molar-refractivity contribution is -0.128. The van der Waals surface area contributed by atoms with E-state index in [-0.39, 0.29) is 34.7 Å². The maximum atomic E-state index is 15.9. The van der Waals surface area contributed by atoms with Crippen molar-refractivity contribution in [3.63, 3.8) is 0 Å². The molecule has 0 bridgehead atoms. The van der Waals surface area contributed by atoms with Gasteiger partial charge in [0.15, 0.2) is 6.10 Å². The second-order valence-corrected chi connectivity index (χ2v) is 11.6. The molecule has 2 fully saturated rings. The number of hydrogen-bond donors (Lipinski definition) is 4. The monoisotopic (exact) mass is 605 g/mol. The Bertz CT molecular complexity index is 1210. The molecule has 1 aliphatic carbocycles. The largest absolute Gasteiger partial charge is 0.434 e. The Morgan fingerprint density at radius 2 is 1.76 bits per heavy atom. The number of hydrogen-bond acceptors (Lipinski definition) is 5. The van der Waals surface area contributed by atoms with Gasteiger partial charge in [0, 0.05) is 23.0 Å². The normalized spacial score (nSPS) is 19.8. The lowest BCUT2D eigenvalue weighted by Gasteiger charge is -2.30. The molecule has 4 rings (SSSR count). The van der Waals surface area contributed by atoms with Gasteiger partial charge in [-0.15, -0.1) is 0 Å². The molecule has 1 saturated heterocycles. The summed E-state index contributed by atoms with van der Waals surface area (Å²) in [5.41, 5.74) is -0.351. The molecule has 0 spiro atoms. The van der Waals surface area contributed by atoms with E-state index in [0.29, 0.717) is 19.4 Å². The van der Waals surface area contributed by atoms with Gasteiger partial charge in [-0.05, 0) is 42.9 Å². The van der Waals surface area contributed by atoms with Gasteiger partial charge in [0.05, 0.1) is 12.6 Å². The average molecular weight is 606 g/mol. The Morgan fingerprint density at radius 1 is 1.02 bits per heavy atom. The number of alkyl halides is 2. The molecule has 1 heterocycles. The number of carbonyl (C=O) groups excluding carboxylic acids is 3. The predicted molar refractivity (Wildman–Crippen MR) is 154 cm³/mol. The molecule has 8 nitrogen and oxygen atoms in total. The first-order valence-corrected chi connectivity index (χ1v) is 14.9. The molecule has 2 aromatic rings. The van der Waals surface area contributed by atoms with E-state index in [1.807, 2.05) is 0 Å². The van der Waals surface area contributed by atoms with Crippen LogP contribution in [0.15, 0.2) is 54.6 Å². The van der Waals surface area contributed by atoms with Gasteiger partial charge in [0.25, 0.3) is 0 Å². The lowest BCUT2D eigenvalue weighted by Crippen LogP contribution is -2.52. The Labute approximate surface area is 249 Å². The number of rotatable bonds is 12. The maximum absolute atomic E-state index is 15.9. The number of amides is 3. The quantitative estimate of drug-likeness (QED) is 0.264. The van der Waals surface area contributed by atoms with Crippen LogP contribution in [0.1, 0.15) is 68.6 Å². The molecule has 4 atom stereocenters.